The summed E-state index contributed by atoms with van der Waals surface area (Å²) < 4.78 is 0. The average Bonchev–Trinajstić information content (AvgIpc) is 2.46. The Hall–Kier alpha value is -2.68. The molecule has 0 saturated heterocycles. The second-order valence-corrected chi connectivity index (χ2v) is 5.23. The summed E-state index contributed by atoms with van der Waals surface area (Å²) >= 11 is 0. The van der Waals surface area contributed by atoms with E-state index in [1.54, 1.807) is 6.20 Å². The monoisotopic (exact) mass is 276 g/mol. The smallest absolute Gasteiger partial charge is 0.267 e. The van der Waals surface area contributed by atoms with Crippen LogP contribution in [0.2, 0.25) is 0 Å². The Bertz CT molecular complexity index is 833. The molecule has 0 spiro atoms. The number of hydrogen-bond acceptors (Lipinski definition) is 2. The number of aryl methyl sites for hydroxylation is 2. The SMILES string of the molecule is Cc1cccc(C)c1-c1ccc2ccnc(C(N)=O)c2c1. The summed E-state index contributed by atoms with van der Waals surface area (Å²) in [5.74, 6) is -0.501. The summed E-state index contributed by atoms with van der Waals surface area (Å²) in [5.41, 5.74) is 10.4. The van der Waals surface area contributed by atoms with E-state index in [4.69, 9.17) is 5.73 Å². The molecule has 2 N–H and O–H groups in total. The Labute approximate surface area is 123 Å². The molecule has 1 amide bonds. The minimum absolute atomic E-state index is 0.320. The van der Waals surface area contributed by atoms with Crippen molar-refractivity contribution in [3.8, 4) is 11.1 Å². The fourth-order valence-corrected chi connectivity index (χ4v) is 2.79. The number of nitrogens with zero attached hydrogens (tertiary/aromatic N) is 1. The molecular weight excluding hydrogens is 260 g/mol. The molecule has 0 bridgehead atoms. The minimum Gasteiger partial charge on any atom is -0.364 e. The van der Waals surface area contributed by atoms with Gasteiger partial charge in [-0.1, -0.05) is 30.3 Å². The van der Waals surface area contributed by atoms with Crippen molar-refractivity contribution in [2.45, 2.75) is 13.8 Å². The number of primary amides is 1. The summed E-state index contributed by atoms with van der Waals surface area (Å²) in [5, 5.41) is 1.76. The number of carbonyl (C=O) groups is 1. The zero-order valence-electron chi connectivity index (χ0n) is 12.1. The van der Waals surface area contributed by atoms with Gasteiger partial charge in [-0.3, -0.25) is 9.78 Å². The van der Waals surface area contributed by atoms with Crippen molar-refractivity contribution in [3.63, 3.8) is 0 Å². The maximum Gasteiger partial charge on any atom is 0.267 e. The molecule has 1 heterocycles. The molecule has 0 aliphatic rings. The molecule has 0 unspecified atom stereocenters. The molecule has 2 aromatic carbocycles. The van der Waals surface area contributed by atoms with Crippen molar-refractivity contribution in [1.82, 2.24) is 4.98 Å². The number of carbonyl (C=O) groups excluding carboxylic acids is 1. The van der Waals surface area contributed by atoms with Crippen molar-refractivity contribution in [1.29, 1.82) is 0 Å². The van der Waals surface area contributed by atoms with Crippen molar-refractivity contribution < 1.29 is 4.79 Å². The molecule has 3 aromatic rings. The van der Waals surface area contributed by atoms with Crippen LogP contribution in [0.3, 0.4) is 0 Å². The largest absolute Gasteiger partial charge is 0.364 e. The van der Waals surface area contributed by atoms with E-state index < -0.39 is 5.91 Å². The Morgan fingerprint density at radius 3 is 2.43 bits per heavy atom. The number of rotatable bonds is 2. The first-order chi connectivity index (χ1) is 10.1. The number of pyridine rings is 1. The van der Waals surface area contributed by atoms with Crippen LogP contribution in [0, 0.1) is 13.8 Å². The number of nitrogens with two attached hydrogens (primary N) is 1. The fraction of sp³-hybridized carbons (Fsp3) is 0.111. The molecule has 3 nitrogen and oxygen atoms in total. The van der Waals surface area contributed by atoms with Gasteiger partial charge in [-0.2, -0.15) is 0 Å². The third-order valence-corrected chi connectivity index (χ3v) is 3.77. The Morgan fingerprint density at radius 2 is 1.76 bits per heavy atom. The molecule has 1 aromatic heterocycles. The molecule has 0 radical (unpaired) electrons. The number of aromatic nitrogens is 1. The maximum absolute atomic E-state index is 11.6. The summed E-state index contributed by atoms with van der Waals surface area (Å²) in [6, 6.07) is 14.2. The van der Waals surface area contributed by atoms with E-state index in [0.717, 1.165) is 16.3 Å². The van der Waals surface area contributed by atoms with Crippen molar-refractivity contribution >= 4 is 16.7 Å². The second-order valence-electron chi connectivity index (χ2n) is 5.23. The summed E-state index contributed by atoms with van der Waals surface area (Å²) in [4.78, 5) is 15.7. The van der Waals surface area contributed by atoms with E-state index in [1.165, 1.54) is 16.7 Å². The van der Waals surface area contributed by atoms with Gasteiger partial charge in [-0.05, 0) is 53.6 Å². The van der Waals surface area contributed by atoms with E-state index in [2.05, 4.69) is 37.0 Å². The fourth-order valence-electron chi connectivity index (χ4n) is 2.79. The lowest BCUT2D eigenvalue weighted by molar-refractivity contribution is 0.0997. The second kappa shape index (κ2) is 5.02. The van der Waals surface area contributed by atoms with Crippen LogP contribution in [-0.4, -0.2) is 10.9 Å². The van der Waals surface area contributed by atoms with Gasteiger partial charge >= 0.3 is 0 Å². The van der Waals surface area contributed by atoms with E-state index in [1.807, 2.05) is 24.3 Å². The molecule has 104 valence electrons. The summed E-state index contributed by atoms with van der Waals surface area (Å²) in [7, 11) is 0. The molecular formula is C18H16N2O. The molecule has 3 rings (SSSR count). The predicted molar refractivity (Wildman–Crippen MR) is 85.2 cm³/mol. The highest BCUT2D eigenvalue weighted by molar-refractivity contribution is 6.05. The van der Waals surface area contributed by atoms with Gasteiger partial charge in [0.2, 0.25) is 0 Å². The van der Waals surface area contributed by atoms with Crippen molar-refractivity contribution in [3.05, 3.63) is 65.5 Å². The van der Waals surface area contributed by atoms with Crippen LogP contribution in [0.25, 0.3) is 21.9 Å². The van der Waals surface area contributed by atoms with Crippen molar-refractivity contribution in [2.75, 3.05) is 0 Å². The lowest BCUT2D eigenvalue weighted by Crippen LogP contribution is -2.13. The molecule has 0 aliphatic carbocycles. The van der Waals surface area contributed by atoms with Crippen molar-refractivity contribution in [2.24, 2.45) is 5.73 Å². The summed E-state index contributed by atoms with van der Waals surface area (Å²) in [6.07, 6.45) is 1.61. The predicted octanol–water partition coefficient (Wildman–Crippen LogP) is 3.62. The summed E-state index contributed by atoms with van der Waals surface area (Å²) in [6.45, 7) is 4.18. The van der Waals surface area contributed by atoms with Gasteiger partial charge in [0.25, 0.3) is 5.91 Å². The van der Waals surface area contributed by atoms with E-state index in [-0.39, 0.29) is 0 Å². The van der Waals surface area contributed by atoms with Crippen LogP contribution in [0.15, 0.2) is 48.7 Å². The molecule has 0 atom stereocenters. The van der Waals surface area contributed by atoms with Crippen LogP contribution in [0.5, 0.6) is 0 Å². The Balaban J connectivity index is 2.31. The molecule has 0 saturated carbocycles. The third kappa shape index (κ3) is 2.27. The average molecular weight is 276 g/mol. The minimum atomic E-state index is -0.501. The number of amides is 1. The van der Waals surface area contributed by atoms with Gasteiger partial charge in [0.05, 0.1) is 0 Å². The molecule has 3 heteroatoms. The Kier molecular flexibility index (Phi) is 3.18. The van der Waals surface area contributed by atoms with E-state index >= 15 is 0 Å². The van der Waals surface area contributed by atoms with Crippen LogP contribution in [-0.2, 0) is 0 Å². The van der Waals surface area contributed by atoms with E-state index in [0.29, 0.717) is 5.69 Å². The molecule has 0 aliphatic heterocycles. The van der Waals surface area contributed by atoms with Crippen LogP contribution in [0.1, 0.15) is 21.6 Å². The number of fused-ring (bicyclic) bond motifs is 1. The number of benzene rings is 2. The normalized spacial score (nSPS) is 10.8. The maximum atomic E-state index is 11.6. The number of hydrogen-bond donors (Lipinski definition) is 1. The first-order valence-corrected chi connectivity index (χ1v) is 6.83. The van der Waals surface area contributed by atoms with Gasteiger partial charge in [-0.15, -0.1) is 0 Å². The van der Waals surface area contributed by atoms with Crippen LogP contribution < -0.4 is 5.73 Å². The topological polar surface area (TPSA) is 56.0 Å². The zero-order chi connectivity index (χ0) is 15.0. The van der Waals surface area contributed by atoms with E-state index in [9.17, 15) is 4.79 Å². The van der Waals surface area contributed by atoms with Gasteiger partial charge in [-0.25, -0.2) is 0 Å². The molecule has 21 heavy (non-hydrogen) atoms. The zero-order valence-corrected chi connectivity index (χ0v) is 12.1. The highest BCUT2D eigenvalue weighted by Crippen LogP contribution is 2.30. The van der Waals surface area contributed by atoms with Crippen LogP contribution >= 0.6 is 0 Å². The highest BCUT2D eigenvalue weighted by atomic mass is 16.1. The molecule has 0 fully saturated rings. The lowest BCUT2D eigenvalue weighted by Gasteiger charge is -2.11. The highest BCUT2D eigenvalue weighted by Gasteiger charge is 2.11. The third-order valence-electron chi connectivity index (χ3n) is 3.77. The van der Waals surface area contributed by atoms with Gasteiger partial charge in [0.1, 0.15) is 5.69 Å². The van der Waals surface area contributed by atoms with Gasteiger partial charge < -0.3 is 5.73 Å². The standard InChI is InChI=1S/C18H16N2O/c1-11-4-3-5-12(2)16(11)14-7-6-13-8-9-20-17(18(19)21)15(13)10-14/h3-10H,1-2H3,(H2,19,21). The first kappa shape index (κ1) is 13.3. The quantitative estimate of drug-likeness (QED) is 0.777. The van der Waals surface area contributed by atoms with Crippen LogP contribution in [0.4, 0.5) is 0 Å². The lowest BCUT2D eigenvalue weighted by atomic mass is 9.94. The Morgan fingerprint density at radius 1 is 1.05 bits per heavy atom. The first-order valence-electron chi connectivity index (χ1n) is 6.83. The van der Waals surface area contributed by atoms with Gasteiger partial charge in [0.15, 0.2) is 0 Å². The van der Waals surface area contributed by atoms with Gasteiger partial charge in [0, 0.05) is 11.6 Å².